The van der Waals surface area contributed by atoms with E-state index in [4.69, 9.17) is 4.74 Å². The third kappa shape index (κ3) is 3.69. The topological polar surface area (TPSA) is 95.0 Å². The Labute approximate surface area is 215 Å². The van der Waals surface area contributed by atoms with Crippen molar-refractivity contribution < 1.29 is 19.4 Å². The number of rotatable bonds is 3. The second-order valence-electron chi connectivity index (χ2n) is 10.9. The van der Waals surface area contributed by atoms with Gasteiger partial charge in [0.1, 0.15) is 12.0 Å². The molecule has 2 N–H and O–H groups in total. The average molecular weight is 499 g/mol. The molecule has 190 valence electrons. The summed E-state index contributed by atoms with van der Waals surface area (Å²) < 4.78 is 6.19. The Morgan fingerprint density at radius 1 is 1.14 bits per heavy atom. The molecule has 8 heteroatoms. The highest BCUT2D eigenvalue weighted by atomic mass is 16.5. The van der Waals surface area contributed by atoms with E-state index in [0.29, 0.717) is 31.6 Å². The van der Waals surface area contributed by atoms with Crippen LogP contribution in [0.15, 0.2) is 48.7 Å². The summed E-state index contributed by atoms with van der Waals surface area (Å²) in [7, 11) is 0. The number of aliphatic hydroxyl groups is 1. The van der Waals surface area contributed by atoms with Crippen molar-refractivity contribution in [1.29, 1.82) is 0 Å². The molecule has 2 aromatic carbocycles. The van der Waals surface area contributed by atoms with Crippen LogP contribution in [-0.2, 0) is 23.3 Å². The first-order valence-electron chi connectivity index (χ1n) is 13.1. The fraction of sp³-hybridized carbons (Fsp3) is 0.414. The lowest BCUT2D eigenvalue weighted by molar-refractivity contribution is -0.129. The van der Waals surface area contributed by atoms with E-state index in [1.165, 1.54) is 16.5 Å². The van der Waals surface area contributed by atoms with E-state index in [1.54, 1.807) is 4.90 Å². The van der Waals surface area contributed by atoms with E-state index in [0.717, 1.165) is 49.3 Å². The van der Waals surface area contributed by atoms with Gasteiger partial charge in [0.25, 0.3) is 5.91 Å². The molecule has 3 aromatic rings. The molecule has 4 aliphatic heterocycles. The zero-order valence-corrected chi connectivity index (χ0v) is 20.7. The van der Waals surface area contributed by atoms with Crippen LogP contribution < -0.4 is 10.1 Å². The normalized spacial score (nSPS) is 24.7. The second-order valence-corrected chi connectivity index (χ2v) is 10.9. The van der Waals surface area contributed by atoms with Crippen molar-refractivity contribution >= 4 is 22.7 Å². The first-order chi connectivity index (χ1) is 18.0. The van der Waals surface area contributed by atoms with Gasteiger partial charge in [-0.05, 0) is 67.7 Å². The number of benzene rings is 2. The van der Waals surface area contributed by atoms with Gasteiger partial charge in [-0.25, -0.2) is 0 Å². The molecular formula is C29H30N4O4. The first-order valence-corrected chi connectivity index (χ1v) is 13.1. The molecule has 5 heterocycles. The molecular weight excluding hydrogens is 468 g/mol. The smallest absolute Gasteiger partial charge is 0.255 e. The molecule has 1 aromatic heterocycles. The summed E-state index contributed by atoms with van der Waals surface area (Å²) in [4.78, 5) is 33.6. The van der Waals surface area contributed by atoms with Crippen LogP contribution >= 0.6 is 0 Å². The summed E-state index contributed by atoms with van der Waals surface area (Å²) in [5.41, 5.74) is 5.17. The first kappa shape index (κ1) is 22.7. The van der Waals surface area contributed by atoms with Crippen molar-refractivity contribution in [1.82, 2.24) is 20.1 Å². The van der Waals surface area contributed by atoms with E-state index in [2.05, 4.69) is 45.5 Å². The number of aromatic nitrogens is 1. The number of pyridine rings is 1. The number of fused-ring (bicyclic) bond motifs is 4. The SMILES string of the molecule is O=C1CCC(N2Cc3cc4c(cc3C2=O)OCC42CCN(Cc3cccc4ncccc34)CC2)C(O)N1. The fourth-order valence-electron chi connectivity index (χ4n) is 6.66. The molecule has 1 spiro atoms. The van der Waals surface area contributed by atoms with Gasteiger partial charge in [-0.3, -0.25) is 19.5 Å². The van der Waals surface area contributed by atoms with Crippen LogP contribution in [0.1, 0.15) is 52.7 Å². The number of carbonyl (C=O) groups is 2. The summed E-state index contributed by atoms with van der Waals surface area (Å²) in [6.45, 7) is 3.98. The quantitative estimate of drug-likeness (QED) is 0.577. The van der Waals surface area contributed by atoms with Crippen molar-refractivity contribution in [3.63, 3.8) is 0 Å². The number of ether oxygens (including phenoxy) is 1. The molecule has 0 radical (unpaired) electrons. The minimum absolute atomic E-state index is 0.0318. The zero-order valence-electron chi connectivity index (χ0n) is 20.7. The largest absolute Gasteiger partial charge is 0.492 e. The molecule has 2 amide bonds. The lowest BCUT2D eigenvalue weighted by Crippen LogP contribution is -2.55. The minimum Gasteiger partial charge on any atom is -0.492 e. The Morgan fingerprint density at radius 2 is 2.00 bits per heavy atom. The van der Waals surface area contributed by atoms with Gasteiger partial charge in [0, 0.05) is 47.6 Å². The van der Waals surface area contributed by atoms with Crippen molar-refractivity contribution in [3.05, 3.63) is 70.9 Å². The van der Waals surface area contributed by atoms with Crippen molar-refractivity contribution in [2.45, 2.75) is 56.5 Å². The highest BCUT2D eigenvalue weighted by Crippen LogP contribution is 2.48. The summed E-state index contributed by atoms with van der Waals surface area (Å²) >= 11 is 0. The summed E-state index contributed by atoms with van der Waals surface area (Å²) in [6, 6.07) is 14.2. The van der Waals surface area contributed by atoms with Crippen LogP contribution in [0.4, 0.5) is 0 Å². The molecule has 0 saturated carbocycles. The molecule has 2 fully saturated rings. The highest BCUT2D eigenvalue weighted by Gasteiger charge is 2.46. The Hall–Kier alpha value is -3.49. The lowest BCUT2D eigenvalue weighted by Gasteiger charge is -2.38. The maximum absolute atomic E-state index is 13.2. The molecule has 0 bridgehead atoms. The van der Waals surface area contributed by atoms with E-state index in [-0.39, 0.29) is 17.2 Å². The summed E-state index contributed by atoms with van der Waals surface area (Å²) in [6.07, 6.45) is 3.61. The number of likely N-dealkylation sites (tertiary alicyclic amines) is 1. The predicted octanol–water partition coefficient (Wildman–Crippen LogP) is 2.71. The van der Waals surface area contributed by atoms with Crippen LogP contribution in [0.25, 0.3) is 10.9 Å². The predicted molar refractivity (Wildman–Crippen MR) is 137 cm³/mol. The van der Waals surface area contributed by atoms with Gasteiger partial charge in [0.05, 0.1) is 18.2 Å². The van der Waals surface area contributed by atoms with E-state index >= 15 is 0 Å². The molecule has 2 saturated heterocycles. The van der Waals surface area contributed by atoms with Crippen LogP contribution in [0.2, 0.25) is 0 Å². The molecule has 0 aliphatic carbocycles. The van der Waals surface area contributed by atoms with Gasteiger partial charge in [-0.15, -0.1) is 0 Å². The third-order valence-corrected chi connectivity index (χ3v) is 8.80. The second kappa shape index (κ2) is 8.53. The Kier molecular flexibility index (Phi) is 5.23. The van der Waals surface area contributed by atoms with Crippen molar-refractivity contribution in [2.24, 2.45) is 0 Å². The summed E-state index contributed by atoms with van der Waals surface area (Å²) in [5.74, 6) is 0.549. The van der Waals surface area contributed by atoms with Crippen LogP contribution in [0.3, 0.4) is 0 Å². The Balaban J connectivity index is 1.09. The number of carbonyl (C=O) groups excluding carboxylic acids is 2. The molecule has 4 aliphatic rings. The van der Waals surface area contributed by atoms with Gasteiger partial charge < -0.3 is 20.1 Å². The molecule has 2 atom stereocenters. The van der Waals surface area contributed by atoms with Crippen molar-refractivity contribution in [2.75, 3.05) is 19.7 Å². The minimum atomic E-state index is -1.03. The van der Waals surface area contributed by atoms with Gasteiger partial charge >= 0.3 is 0 Å². The van der Waals surface area contributed by atoms with Gasteiger partial charge in [0.2, 0.25) is 5.91 Å². The summed E-state index contributed by atoms with van der Waals surface area (Å²) in [5, 5.41) is 14.2. The molecule has 7 rings (SSSR count). The van der Waals surface area contributed by atoms with Crippen molar-refractivity contribution in [3.8, 4) is 5.75 Å². The number of amides is 2. The maximum atomic E-state index is 13.2. The number of hydrogen-bond acceptors (Lipinski definition) is 6. The zero-order chi connectivity index (χ0) is 25.1. The van der Waals surface area contributed by atoms with Gasteiger partial charge in [-0.1, -0.05) is 18.2 Å². The monoisotopic (exact) mass is 498 g/mol. The fourth-order valence-corrected chi connectivity index (χ4v) is 6.66. The van der Waals surface area contributed by atoms with E-state index in [9.17, 15) is 14.7 Å². The van der Waals surface area contributed by atoms with Gasteiger partial charge in [0.15, 0.2) is 0 Å². The molecule has 37 heavy (non-hydrogen) atoms. The standard InChI is InChI=1S/C29H30N4O4/c34-26-7-6-24(27(35)31-26)33-16-19-13-22-25(14-21(19)28(33)36)37-17-29(22)8-11-32(12-9-29)15-18-3-1-5-23-20(18)4-2-10-30-23/h1-5,10,13-14,24,27,35H,6-9,11-12,15-17H2,(H,31,34). The third-order valence-electron chi connectivity index (χ3n) is 8.80. The number of hydrogen-bond donors (Lipinski definition) is 2. The number of aliphatic hydroxyl groups excluding tert-OH is 1. The number of nitrogens with zero attached hydrogens (tertiary/aromatic N) is 3. The highest BCUT2D eigenvalue weighted by molar-refractivity contribution is 5.99. The van der Waals surface area contributed by atoms with E-state index in [1.807, 2.05) is 18.3 Å². The lowest BCUT2D eigenvalue weighted by atomic mass is 9.73. The molecule has 8 nitrogen and oxygen atoms in total. The Bertz CT molecular complexity index is 1410. The van der Waals surface area contributed by atoms with Gasteiger partial charge in [-0.2, -0.15) is 0 Å². The van der Waals surface area contributed by atoms with Crippen LogP contribution in [0, 0.1) is 0 Å². The maximum Gasteiger partial charge on any atom is 0.255 e. The average Bonchev–Trinajstić information content (AvgIpc) is 3.41. The van der Waals surface area contributed by atoms with Crippen LogP contribution in [0.5, 0.6) is 5.75 Å². The Morgan fingerprint density at radius 3 is 2.84 bits per heavy atom. The number of nitrogens with one attached hydrogen (secondary N) is 1. The van der Waals surface area contributed by atoms with E-state index < -0.39 is 12.3 Å². The number of piperidine rings is 2. The van der Waals surface area contributed by atoms with Crippen LogP contribution in [-0.4, -0.2) is 63.7 Å². The molecule has 2 unspecified atom stereocenters.